The maximum atomic E-state index is 12.6. The minimum atomic E-state index is 0.183. The minimum absolute atomic E-state index is 0.183. The van der Waals surface area contributed by atoms with Crippen molar-refractivity contribution < 1.29 is 4.79 Å². The Bertz CT molecular complexity index is 983. The topological polar surface area (TPSA) is 62.2 Å². The maximum absolute atomic E-state index is 12.6. The first kappa shape index (κ1) is 19.1. The molecule has 4 rings (SSSR count). The van der Waals surface area contributed by atoms with E-state index < -0.39 is 0 Å². The normalized spacial score (nSPS) is 14.1. The van der Waals surface area contributed by atoms with Crippen LogP contribution in [0.2, 0.25) is 0 Å². The molecule has 0 N–H and O–H groups in total. The highest BCUT2D eigenvalue weighted by molar-refractivity contribution is 5.79. The van der Waals surface area contributed by atoms with Gasteiger partial charge in [-0.1, -0.05) is 30.3 Å². The Morgan fingerprint density at radius 1 is 0.966 bits per heavy atom. The van der Waals surface area contributed by atoms with Crippen LogP contribution in [-0.2, 0) is 11.2 Å². The summed E-state index contributed by atoms with van der Waals surface area (Å²) >= 11 is 0. The number of amides is 1. The van der Waals surface area contributed by atoms with E-state index in [1.165, 1.54) is 0 Å². The van der Waals surface area contributed by atoms with Gasteiger partial charge in [0.15, 0.2) is 5.82 Å². The Kier molecular flexibility index (Phi) is 5.51. The molecule has 0 aliphatic carbocycles. The molecule has 3 aromatic rings. The Labute approximate surface area is 171 Å². The van der Waals surface area contributed by atoms with Crippen LogP contribution in [0.1, 0.15) is 16.8 Å². The van der Waals surface area contributed by atoms with E-state index >= 15 is 0 Å². The van der Waals surface area contributed by atoms with Crippen molar-refractivity contribution in [1.29, 1.82) is 0 Å². The van der Waals surface area contributed by atoms with Gasteiger partial charge in [-0.15, -0.1) is 0 Å². The lowest BCUT2D eigenvalue weighted by Crippen LogP contribution is -2.49. The summed E-state index contributed by atoms with van der Waals surface area (Å²) in [5.41, 5.74) is 4.02. The summed E-state index contributed by atoms with van der Waals surface area (Å²) in [5.74, 6) is 1.83. The molecule has 0 atom stereocenters. The molecule has 1 aliphatic rings. The molecule has 1 saturated heterocycles. The number of carbonyl (C=O) groups excluding carboxylic acids is 1. The summed E-state index contributed by atoms with van der Waals surface area (Å²) in [7, 11) is 0. The highest BCUT2D eigenvalue weighted by Gasteiger charge is 2.24. The minimum Gasteiger partial charge on any atom is -0.353 e. The monoisotopic (exact) mass is 387 g/mol. The summed E-state index contributed by atoms with van der Waals surface area (Å²) < 4.78 is 0. The Balaban J connectivity index is 1.47. The average molecular weight is 387 g/mol. The fourth-order valence-corrected chi connectivity index (χ4v) is 3.60. The van der Waals surface area contributed by atoms with Gasteiger partial charge in [-0.3, -0.25) is 9.78 Å². The molecule has 148 valence electrons. The molecule has 1 aromatic carbocycles. The smallest absolute Gasteiger partial charge is 0.227 e. The molecular formula is C23H25N5O. The van der Waals surface area contributed by atoms with Crippen LogP contribution >= 0.6 is 0 Å². The van der Waals surface area contributed by atoms with E-state index in [4.69, 9.17) is 4.98 Å². The Morgan fingerprint density at radius 2 is 1.72 bits per heavy atom. The molecule has 0 unspecified atom stereocenters. The van der Waals surface area contributed by atoms with Gasteiger partial charge >= 0.3 is 0 Å². The standard InChI is InChI=1S/C23H25N5O/c1-17-18(2)25-22(20-9-6-10-24-16-20)26-23(17)28-13-11-27(12-14-28)21(29)15-19-7-4-3-5-8-19/h3-10,16H,11-15H2,1-2H3. The first-order valence-electron chi connectivity index (χ1n) is 9.94. The fourth-order valence-electron chi connectivity index (χ4n) is 3.60. The number of aryl methyl sites for hydroxylation is 1. The van der Waals surface area contributed by atoms with Crippen molar-refractivity contribution in [3.63, 3.8) is 0 Å². The van der Waals surface area contributed by atoms with Gasteiger partial charge in [-0.05, 0) is 31.5 Å². The van der Waals surface area contributed by atoms with E-state index in [0.717, 1.165) is 41.3 Å². The van der Waals surface area contributed by atoms with Gasteiger partial charge in [0.1, 0.15) is 5.82 Å². The van der Waals surface area contributed by atoms with Crippen LogP contribution in [0, 0.1) is 13.8 Å². The number of benzene rings is 1. The lowest BCUT2D eigenvalue weighted by Gasteiger charge is -2.36. The number of anilines is 1. The van der Waals surface area contributed by atoms with E-state index in [9.17, 15) is 4.79 Å². The molecule has 6 nitrogen and oxygen atoms in total. The van der Waals surface area contributed by atoms with Gasteiger partial charge < -0.3 is 9.80 Å². The van der Waals surface area contributed by atoms with E-state index in [0.29, 0.717) is 25.3 Å². The largest absolute Gasteiger partial charge is 0.353 e. The van der Waals surface area contributed by atoms with Crippen molar-refractivity contribution in [1.82, 2.24) is 19.9 Å². The molecule has 0 radical (unpaired) electrons. The Morgan fingerprint density at radius 3 is 2.41 bits per heavy atom. The lowest BCUT2D eigenvalue weighted by atomic mass is 10.1. The van der Waals surface area contributed by atoms with Crippen LogP contribution in [0.25, 0.3) is 11.4 Å². The molecule has 29 heavy (non-hydrogen) atoms. The van der Waals surface area contributed by atoms with Crippen LogP contribution in [0.15, 0.2) is 54.9 Å². The zero-order valence-corrected chi connectivity index (χ0v) is 16.9. The third-order valence-corrected chi connectivity index (χ3v) is 5.41. The predicted molar refractivity (Wildman–Crippen MR) is 114 cm³/mol. The number of pyridine rings is 1. The highest BCUT2D eigenvalue weighted by Crippen LogP contribution is 2.25. The quantitative estimate of drug-likeness (QED) is 0.689. The second kappa shape index (κ2) is 8.39. The number of carbonyl (C=O) groups is 1. The van der Waals surface area contributed by atoms with Crippen LogP contribution in [-0.4, -0.2) is 51.9 Å². The third kappa shape index (κ3) is 4.26. The van der Waals surface area contributed by atoms with Crippen molar-refractivity contribution >= 4 is 11.7 Å². The first-order valence-corrected chi connectivity index (χ1v) is 9.94. The van der Waals surface area contributed by atoms with Crippen LogP contribution in [0.3, 0.4) is 0 Å². The number of piperazine rings is 1. The average Bonchev–Trinajstić information content (AvgIpc) is 2.77. The molecule has 0 spiro atoms. The second-order valence-electron chi connectivity index (χ2n) is 7.35. The molecular weight excluding hydrogens is 362 g/mol. The molecule has 1 amide bonds. The van der Waals surface area contributed by atoms with Gasteiger partial charge in [-0.2, -0.15) is 0 Å². The van der Waals surface area contributed by atoms with Crippen LogP contribution in [0.5, 0.6) is 0 Å². The lowest BCUT2D eigenvalue weighted by molar-refractivity contribution is -0.130. The van der Waals surface area contributed by atoms with Gasteiger partial charge in [0.25, 0.3) is 0 Å². The second-order valence-corrected chi connectivity index (χ2v) is 7.35. The van der Waals surface area contributed by atoms with Crippen LogP contribution in [0.4, 0.5) is 5.82 Å². The highest BCUT2D eigenvalue weighted by atomic mass is 16.2. The molecule has 3 heterocycles. The zero-order chi connectivity index (χ0) is 20.2. The fraction of sp³-hybridized carbons (Fsp3) is 0.304. The molecule has 0 bridgehead atoms. The molecule has 0 saturated carbocycles. The van der Waals surface area contributed by atoms with E-state index in [1.54, 1.807) is 12.4 Å². The number of hydrogen-bond donors (Lipinski definition) is 0. The first-order chi connectivity index (χ1) is 14.1. The predicted octanol–water partition coefficient (Wildman–Crippen LogP) is 3.05. The van der Waals surface area contributed by atoms with Crippen molar-refractivity contribution in [3.05, 3.63) is 71.7 Å². The summed E-state index contributed by atoms with van der Waals surface area (Å²) in [6, 6.07) is 13.8. The summed E-state index contributed by atoms with van der Waals surface area (Å²) in [4.78, 5) is 30.5. The third-order valence-electron chi connectivity index (χ3n) is 5.41. The van der Waals surface area contributed by atoms with Gasteiger partial charge in [0, 0.05) is 55.4 Å². The van der Waals surface area contributed by atoms with E-state index in [1.807, 2.05) is 54.3 Å². The van der Waals surface area contributed by atoms with Gasteiger partial charge in [0.2, 0.25) is 5.91 Å². The van der Waals surface area contributed by atoms with Crippen LogP contribution < -0.4 is 4.90 Å². The molecule has 1 aliphatic heterocycles. The van der Waals surface area contributed by atoms with Crippen molar-refractivity contribution in [2.45, 2.75) is 20.3 Å². The van der Waals surface area contributed by atoms with Crippen molar-refractivity contribution in [2.24, 2.45) is 0 Å². The molecule has 2 aromatic heterocycles. The summed E-state index contributed by atoms with van der Waals surface area (Å²) in [5, 5.41) is 0. The van der Waals surface area contributed by atoms with Crippen molar-refractivity contribution in [3.8, 4) is 11.4 Å². The van der Waals surface area contributed by atoms with Crippen molar-refractivity contribution in [2.75, 3.05) is 31.1 Å². The van der Waals surface area contributed by atoms with Gasteiger partial charge in [-0.25, -0.2) is 9.97 Å². The number of rotatable bonds is 4. The van der Waals surface area contributed by atoms with Gasteiger partial charge in [0.05, 0.1) is 6.42 Å². The van der Waals surface area contributed by atoms with E-state index in [-0.39, 0.29) is 5.91 Å². The summed E-state index contributed by atoms with van der Waals surface area (Å²) in [6.45, 7) is 7.02. The van der Waals surface area contributed by atoms with E-state index in [2.05, 4.69) is 21.8 Å². The zero-order valence-electron chi connectivity index (χ0n) is 16.9. The molecule has 1 fully saturated rings. The number of aromatic nitrogens is 3. The number of nitrogens with zero attached hydrogens (tertiary/aromatic N) is 5. The summed E-state index contributed by atoms with van der Waals surface area (Å²) in [6.07, 6.45) is 3.99. The Hall–Kier alpha value is -3.28. The SMILES string of the molecule is Cc1nc(-c2cccnc2)nc(N2CCN(C(=O)Cc3ccccc3)CC2)c1C. The number of hydrogen-bond acceptors (Lipinski definition) is 5. The molecule has 6 heteroatoms. The maximum Gasteiger partial charge on any atom is 0.227 e.